The Hall–Kier alpha value is -1.88. The van der Waals surface area contributed by atoms with Gasteiger partial charge in [-0.1, -0.05) is 36.4 Å². The number of benzene rings is 2. The Morgan fingerprint density at radius 3 is 2.26 bits per heavy atom. The number of rotatable bonds is 4. The number of hydrogen-bond acceptors (Lipinski definition) is 3. The van der Waals surface area contributed by atoms with E-state index >= 15 is 0 Å². The van der Waals surface area contributed by atoms with Crippen LogP contribution in [0, 0.1) is 0 Å². The normalized spacial score (nSPS) is 19.6. The number of hydrogen-bond donors (Lipinski definition) is 2. The Balaban J connectivity index is 1.56. The molecule has 120 valence electrons. The van der Waals surface area contributed by atoms with Crippen LogP contribution in [0.2, 0.25) is 0 Å². The molecule has 1 atom stereocenters. The van der Waals surface area contributed by atoms with Gasteiger partial charge < -0.3 is 10.3 Å². The molecule has 0 amide bonds. The van der Waals surface area contributed by atoms with Gasteiger partial charge in [0.2, 0.25) is 0 Å². The summed E-state index contributed by atoms with van der Waals surface area (Å²) in [6, 6.07) is 17.4. The minimum absolute atomic E-state index is 0.122. The number of aromatic nitrogens is 1. The van der Waals surface area contributed by atoms with Crippen molar-refractivity contribution in [1.82, 2.24) is 14.8 Å². The fraction of sp³-hybridized carbons (Fsp3) is 0.368. The quantitative estimate of drug-likeness (QED) is 0.778. The van der Waals surface area contributed by atoms with Gasteiger partial charge in [0.15, 0.2) is 0 Å². The monoisotopic (exact) mass is 308 g/mol. The van der Waals surface area contributed by atoms with Crippen LogP contribution < -0.4 is 11.1 Å². The number of fused-ring (bicyclic) bond motifs is 3. The molecule has 1 fully saturated rings. The summed E-state index contributed by atoms with van der Waals surface area (Å²) >= 11 is 0. The zero-order valence-electron chi connectivity index (χ0n) is 13.4. The minimum atomic E-state index is 0.122. The molecule has 0 unspecified atom stereocenters. The molecule has 0 saturated carbocycles. The lowest BCUT2D eigenvalue weighted by Gasteiger charge is -2.31. The first-order chi connectivity index (χ1) is 11.3. The minimum Gasteiger partial charge on any atom is -0.340 e. The molecular formula is C19H24N4. The highest BCUT2D eigenvalue weighted by atomic mass is 15.2. The van der Waals surface area contributed by atoms with Crippen molar-refractivity contribution in [2.75, 3.05) is 26.2 Å². The first-order valence-electron chi connectivity index (χ1n) is 8.50. The maximum Gasteiger partial charge on any atom is 0.0678 e. The van der Waals surface area contributed by atoms with Crippen molar-refractivity contribution in [1.29, 1.82) is 0 Å². The molecule has 0 aliphatic carbocycles. The van der Waals surface area contributed by atoms with Crippen LogP contribution in [0.15, 0.2) is 48.5 Å². The van der Waals surface area contributed by atoms with Crippen molar-refractivity contribution >= 4 is 21.8 Å². The predicted molar refractivity (Wildman–Crippen MR) is 96.5 cm³/mol. The summed E-state index contributed by atoms with van der Waals surface area (Å²) in [5, 5.41) is 6.00. The Morgan fingerprint density at radius 2 is 1.61 bits per heavy atom. The van der Waals surface area contributed by atoms with Gasteiger partial charge in [0.05, 0.1) is 6.17 Å². The molecule has 1 aromatic heterocycles. The van der Waals surface area contributed by atoms with E-state index in [0.717, 1.165) is 39.1 Å². The van der Waals surface area contributed by atoms with Crippen molar-refractivity contribution in [2.24, 2.45) is 5.73 Å². The number of piperazine rings is 1. The first kappa shape index (κ1) is 14.7. The van der Waals surface area contributed by atoms with E-state index in [1.54, 1.807) is 0 Å². The fourth-order valence-corrected chi connectivity index (χ4v) is 3.74. The molecule has 0 bridgehead atoms. The topological polar surface area (TPSA) is 46.2 Å². The summed E-state index contributed by atoms with van der Waals surface area (Å²) in [4.78, 5) is 2.47. The SMILES string of the molecule is N[C@@H]1CN(CCCn2c3ccccc3c3ccccc32)CCN1. The van der Waals surface area contributed by atoms with Crippen LogP contribution in [0.25, 0.3) is 21.8 Å². The van der Waals surface area contributed by atoms with Crippen LogP contribution in [0.3, 0.4) is 0 Å². The number of nitrogens with zero attached hydrogens (tertiary/aromatic N) is 2. The van der Waals surface area contributed by atoms with Crippen LogP contribution >= 0.6 is 0 Å². The summed E-state index contributed by atoms with van der Waals surface area (Å²) in [7, 11) is 0. The van der Waals surface area contributed by atoms with Gasteiger partial charge >= 0.3 is 0 Å². The molecule has 3 N–H and O–H groups in total. The van der Waals surface area contributed by atoms with Crippen LogP contribution in [-0.4, -0.2) is 41.8 Å². The highest BCUT2D eigenvalue weighted by molar-refractivity contribution is 6.07. The Bertz CT molecular complexity index is 754. The van der Waals surface area contributed by atoms with Crippen molar-refractivity contribution in [3.8, 4) is 0 Å². The number of para-hydroxylation sites is 2. The lowest BCUT2D eigenvalue weighted by atomic mass is 10.2. The second kappa shape index (κ2) is 6.32. The maximum absolute atomic E-state index is 5.98. The van der Waals surface area contributed by atoms with Crippen molar-refractivity contribution in [3.63, 3.8) is 0 Å². The highest BCUT2D eigenvalue weighted by Gasteiger charge is 2.15. The van der Waals surface area contributed by atoms with Gasteiger partial charge in [0.1, 0.15) is 0 Å². The molecule has 1 aliphatic rings. The smallest absolute Gasteiger partial charge is 0.0678 e. The molecule has 4 heteroatoms. The third kappa shape index (κ3) is 2.85. The zero-order valence-corrected chi connectivity index (χ0v) is 13.4. The van der Waals surface area contributed by atoms with Crippen molar-refractivity contribution in [2.45, 2.75) is 19.1 Å². The molecule has 4 nitrogen and oxygen atoms in total. The van der Waals surface area contributed by atoms with E-state index in [-0.39, 0.29) is 6.17 Å². The van der Waals surface area contributed by atoms with Gasteiger partial charge in [0, 0.05) is 54.5 Å². The summed E-state index contributed by atoms with van der Waals surface area (Å²) in [6.07, 6.45) is 1.27. The summed E-state index contributed by atoms with van der Waals surface area (Å²) in [5.74, 6) is 0. The molecular weight excluding hydrogens is 284 g/mol. The third-order valence-electron chi connectivity index (χ3n) is 4.83. The van der Waals surface area contributed by atoms with Gasteiger partial charge in [0.25, 0.3) is 0 Å². The average Bonchev–Trinajstić information content (AvgIpc) is 2.90. The molecule has 3 aromatic rings. The molecule has 1 aliphatic heterocycles. The van der Waals surface area contributed by atoms with Crippen LogP contribution in [-0.2, 0) is 6.54 Å². The second-order valence-corrected chi connectivity index (χ2v) is 6.40. The van der Waals surface area contributed by atoms with E-state index in [9.17, 15) is 0 Å². The predicted octanol–water partition coefficient (Wildman–Crippen LogP) is 2.37. The average molecular weight is 308 g/mol. The fourth-order valence-electron chi connectivity index (χ4n) is 3.74. The van der Waals surface area contributed by atoms with Gasteiger partial charge in [-0.25, -0.2) is 0 Å². The van der Waals surface area contributed by atoms with Crippen LogP contribution in [0.4, 0.5) is 0 Å². The highest BCUT2D eigenvalue weighted by Crippen LogP contribution is 2.28. The van der Waals surface area contributed by atoms with Crippen molar-refractivity contribution < 1.29 is 0 Å². The van der Waals surface area contributed by atoms with Crippen molar-refractivity contribution in [3.05, 3.63) is 48.5 Å². The van der Waals surface area contributed by atoms with Gasteiger partial charge in [-0.2, -0.15) is 0 Å². The van der Waals surface area contributed by atoms with E-state index in [4.69, 9.17) is 5.73 Å². The zero-order chi connectivity index (χ0) is 15.6. The Labute approximate surface area is 136 Å². The number of nitrogens with two attached hydrogens (primary N) is 1. The molecule has 0 radical (unpaired) electrons. The Morgan fingerprint density at radius 1 is 0.957 bits per heavy atom. The van der Waals surface area contributed by atoms with Gasteiger partial charge in [-0.3, -0.25) is 10.2 Å². The van der Waals surface area contributed by atoms with Gasteiger partial charge in [-0.05, 0) is 18.6 Å². The molecule has 23 heavy (non-hydrogen) atoms. The lowest BCUT2D eigenvalue weighted by Crippen LogP contribution is -2.55. The van der Waals surface area contributed by atoms with Gasteiger partial charge in [-0.15, -0.1) is 0 Å². The molecule has 2 aromatic carbocycles. The summed E-state index contributed by atoms with van der Waals surface area (Å²) in [5.41, 5.74) is 8.66. The standard InChI is InChI=1S/C19H24N4/c20-19-14-22(13-10-21-19)11-5-12-23-17-8-3-1-6-15(17)16-7-2-4-9-18(16)23/h1-4,6-9,19,21H,5,10-14,20H2/t19-/m0/s1. The molecule has 2 heterocycles. The van der Waals surface area contributed by atoms with E-state index in [0.29, 0.717) is 0 Å². The van der Waals surface area contributed by atoms with E-state index in [1.165, 1.54) is 21.8 Å². The summed E-state index contributed by atoms with van der Waals surface area (Å²) < 4.78 is 2.47. The lowest BCUT2D eigenvalue weighted by molar-refractivity contribution is 0.198. The van der Waals surface area contributed by atoms with Crippen LogP contribution in [0.5, 0.6) is 0 Å². The Kier molecular flexibility index (Phi) is 4.04. The molecule has 4 rings (SSSR count). The van der Waals surface area contributed by atoms with Crippen LogP contribution in [0.1, 0.15) is 6.42 Å². The number of aryl methyl sites for hydroxylation is 1. The molecule has 1 saturated heterocycles. The summed E-state index contributed by atoms with van der Waals surface area (Å²) in [6.45, 7) is 5.20. The third-order valence-corrected chi connectivity index (χ3v) is 4.83. The number of nitrogens with one attached hydrogen (secondary N) is 1. The second-order valence-electron chi connectivity index (χ2n) is 6.40. The molecule has 0 spiro atoms. The maximum atomic E-state index is 5.98. The van der Waals surface area contributed by atoms with E-state index in [2.05, 4.69) is 63.3 Å². The first-order valence-corrected chi connectivity index (χ1v) is 8.50. The van der Waals surface area contributed by atoms with E-state index < -0.39 is 0 Å². The largest absolute Gasteiger partial charge is 0.340 e. The van der Waals surface area contributed by atoms with E-state index in [1.807, 2.05) is 0 Å².